The molecule has 0 unspecified atom stereocenters. The number of aryl methyl sites for hydroxylation is 1. The zero-order chi connectivity index (χ0) is 19.5. The van der Waals surface area contributed by atoms with Crippen molar-refractivity contribution in [3.63, 3.8) is 0 Å². The maximum atomic E-state index is 12.9. The van der Waals surface area contributed by atoms with Crippen molar-refractivity contribution < 1.29 is 13.9 Å². The summed E-state index contributed by atoms with van der Waals surface area (Å²) >= 11 is 0. The number of nitrogens with one attached hydrogen (secondary N) is 1. The molecule has 2 aromatic carbocycles. The predicted octanol–water partition coefficient (Wildman–Crippen LogP) is 4.32. The van der Waals surface area contributed by atoms with Gasteiger partial charge in [-0.15, -0.1) is 0 Å². The van der Waals surface area contributed by atoms with E-state index in [1.54, 1.807) is 0 Å². The van der Waals surface area contributed by atoms with E-state index < -0.39 is 0 Å². The van der Waals surface area contributed by atoms with Gasteiger partial charge in [0.25, 0.3) is 5.91 Å². The number of carbonyl (C=O) groups is 1. The Morgan fingerprint density at radius 3 is 2.64 bits per heavy atom. The van der Waals surface area contributed by atoms with Gasteiger partial charge in [0.2, 0.25) is 0 Å². The minimum absolute atomic E-state index is 0.0862. The second-order valence-corrected chi connectivity index (χ2v) is 7.55. The minimum Gasteiger partial charge on any atom is -0.489 e. The molecule has 0 spiro atoms. The standard InChI is InChI=1S/C23H26N2O3/c1-15-22(23(26)25-18-9-7-17(24)8-10-18)20-13-19(11-12-21(20)28-15)27-14-16-5-3-2-4-6-16/h2-6,11-13,17-18H,7-10,14,24H2,1H3,(H,25,26)/t17-,18+. The molecular weight excluding hydrogens is 352 g/mol. The molecule has 0 radical (unpaired) electrons. The summed E-state index contributed by atoms with van der Waals surface area (Å²) in [6.07, 6.45) is 3.75. The Morgan fingerprint density at radius 2 is 1.89 bits per heavy atom. The molecule has 3 aromatic rings. The van der Waals surface area contributed by atoms with Crippen LogP contribution in [0.2, 0.25) is 0 Å². The highest BCUT2D eigenvalue weighted by Gasteiger charge is 2.24. The number of benzene rings is 2. The van der Waals surface area contributed by atoms with Crippen molar-refractivity contribution in [3.8, 4) is 5.75 Å². The summed E-state index contributed by atoms with van der Waals surface area (Å²) in [6.45, 7) is 2.31. The van der Waals surface area contributed by atoms with Crippen LogP contribution in [-0.2, 0) is 6.61 Å². The monoisotopic (exact) mass is 378 g/mol. The van der Waals surface area contributed by atoms with Crippen molar-refractivity contribution >= 4 is 16.9 Å². The molecule has 1 saturated carbocycles. The fourth-order valence-electron chi connectivity index (χ4n) is 3.83. The zero-order valence-corrected chi connectivity index (χ0v) is 16.1. The third-order valence-electron chi connectivity index (χ3n) is 5.42. The summed E-state index contributed by atoms with van der Waals surface area (Å²) in [6, 6.07) is 16.1. The van der Waals surface area contributed by atoms with Crippen LogP contribution in [0, 0.1) is 6.92 Å². The molecule has 5 heteroatoms. The van der Waals surface area contributed by atoms with Crippen molar-refractivity contribution in [1.82, 2.24) is 5.32 Å². The Hall–Kier alpha value is -2.79. The first-order valence-corrected chi connectivity index (χ1v) is 9.86. The molecule has 146 valence electrons. The summed E-state index contributed by atoms with van der Waals surface area (Å²) < 4.78 is 11.7. The first kappa shape index (κ1) is 18.6. The lowest BCUT2D eigenvalue weighted by Crippen LogP contribution is -2.40. The lowest BCUT2D eigenvalue weighted by molar-refractivity contribution is 0.0926. The molecule has 28 heavy (non-hydrogen) atoms. The number of amides is 1. The van der Waals surface area contributed by atoms with Gasteiger partial charge in [0, 0.05) is 17.5 Å². The fraction of sp³-hybridized carbons (Fsp3) is 0.348. The first-order chi connectivity index (χ1) is 13.6. The number of carbonyl (C=O) groups excluding carboxylic acids is 1. The fourth-order valence-corrected chi connectivity index (χ4v) is 3.83. The second kappa shape index (κ2) is 8.07. The average molecular weight is 378 g/mol. The van der Waals surface area contributed by atoms with Crippen LogP contribution in [0.3, 0.4) is 0 Å². The maximum Gasteiger partial charge on any atom is 0.255 e. The van der Waals surface area contributed by atoms with Gasteiger partial charge in [-0.05, 0) is 56.4 Å². The van der Waals surface area contributed by atoms with E-state index in [2.05, 4.69) is 5.32 Å². The van der Waals surface area contributed by atoms with E-state index in [0.717, 1.165) is 42.4 Å². The van der Waals surface area contributed by atoms with E-state index in [1.165, 1.54) is 0 Å². The van der Waals surface area contributed by atoms with Crippen LogP contribution in [0.4, 0.5) is 0 Å². The number of furan rings is 1. The Kier molecular flexibility index (Phi) is 5.35. The SMILES string of the molecule is Cc1oc2ccc(OCc3ccccc3)cc2c1C(=O)N[C@H]1CC[C@@H](N)CC1. The lowest BCUT2D eigenvalue weighted by atomic mass is 9.91. The van der Waals surface area contributed by atoms with Crippen LogP contribution in [-0.4, -0.2) is 18.0 Å². The number of fused-ring (bicyclic) bond motifs is 1. The summed E-state index contributed by atoms with van der Waals surface area (Å²) in [5.41, 5.74) is 8.35. The van der Waals surface area contributed by atoms with Gasteiger partial charge in [-0.25, -0.2) is 0 Å². The van der Waals surface area contributed by atoms with E-state index in [9.17, 15) is 4.79 Å². The molecule has 0 atom stereocenters. The number of nitrogens with two attached hydrogens (primary N) is 1. The highest BCUT2D eigenvalue weighted by Crippen LogP contribution is 2.30. The molecule has 5 nitrogen and oxygen atoms in total. The maximum absolute atomic E-state index is 12.9. The quantitative estimate of drug-likeness (QED) is 0.693. The van der Waals surface area contributed by atoms with Gasteiger partial charge in [-0.2, -0.15) is 0 Å². The van der Waals surface area contributed by atoms with Crippen LogP contribution in [0.1, 0.15) is 47.4 Å². The van der Waals surface area contributed by atoms with Gasteiger partial charge in [-0.1, -0.05) is 30.3 Å². The van der Waals surface area contributed by atoms with Gasteiger partial charge < -0.3 is 20.2 Å². The van der Waals surface area contributed by atoms with Crippen molar-refractivity contribution in [3.05, 3.63) is 65.4 Å². The van der Waals surface area contributed by atoms with Crippen molar-refractivity contribution in [2.45, 2.75) is 51.3 Å². The predicted molar refractivity (Wildman–Crippen MR) is 109 cm³/mol. The average Bonchev–Trinajstić information content (AvgIpc) is 3.04. The van der Waals surface area contributed by atoms with Gasteiger partial charge in [0.1, 0.15) is 23.7 Å². The Bertz CT molecular complexity index is 957. The van der Waals surface area contributed by atoms with E-state index >= 15 is 0 Å². The van der Waals surface area contributed by atoms with Crippen LogP contribution in [0.5, 0.6) is 5.75 Å². The van der Waals surface area contributed by atoms with Gasteiger partial charge >= 0.3 is 0 Å². The minimum atomic E-state index is -0.0862. The summed E-state index contributed by atoms with van der Waals surface area (Å²) in [5, 5.41) is 3.94. The smallest absolute Gasteiger partial charge is 0.255 e. The number of rotatable bonds is 5. The normalized spacial score (nSPS) is 19.5. The van der Waals surface area contributed by atoms with Crippen LogP contribution >= 0.6 is 0 Å². The second-order valence-electron chi connectivity index (χ2n) is 7.55. The third-order valence-corrected chi connectivity index (χ3v) is 5.42. The van der Waals surface area contributed by atoms with E-state index in [4.69, 9.17) is 14.9 Å². The van der Waals surface area contributed by atoms with Crippen molar-refractivity contribution in [1.29, 1.82) is 0 Å². The van der Waals surface area contributed by atoms with E-state index in [0.29, 0.717) is 23.5 Å². The first-order valence-electron chi connectivity index (χ1n) is 9.86. The number of ether oxygens (including phenoxy) is 1. The highest BCUT2D eigenvalue weighted by molar-refractivity contribution is 6.07. The third kappa shape index (κ3) is 4.04. The highest BCUT2D eigenvalue weighted by atomic mass is 16.5. The van der Waals surface area contributed by atoms with Gasteiger partial charge in [0.05, 0.1) is 5.56 Å². The molecule has 1 aliphatic rings. The molecule has 1 aliphatic carbocycles. The molecule has 0 bridgehead atoms. The van der Waals surface area contributed by atoms with Crippen LogP contribution < -0.4 is 15.8 Å². The van der Waals surface area contributed by atoms with Gasteiger partial charge in [-0.3, -0.25) is 4.79 Å². The van der Waals surface area contributed by atoms with Crippen LogP contribution in [0.15, 0.2) is 52.9 Å². The number of hydrogen-bond donors (Lipinski definition) is 2. The van der Waals surface area contributed by atoms with Crippen LogP contribution in [0.25, 0.3) is 11.0 Å². The number of hydrogen-bond acceptors (Lipinski definition) is 4. The molecule has 1 heterocycles. The molecule has 1 amide bonds. The molecular formula is C23H26N2O3. The Labute approximate surface area is 164 Å². The summed E-state index contributed by atoms with van der Waals surface area (Å²) in [7, 11) is 0. The molecule has 1 aromatic heterocycles. The largest absolute Gasteiger partial charge is 0.489 e. The molecule has 3 N–H and O–H groups in total. The Morgan fingerprint density at radius 1 is 1.14 bits per heavy atom. The summed E-state index contributed by atoms with van der Waals surface area (Å²) in [4.78, 5) is 12.9. The lowest BCUT2D eigenvalue weighted by Gasteiger charge is -2.26. The van der Waals surface area contributed by atoms with E-state index in [1.807, 2.05) is 55.5 Å². The molecule has 0 aliphatic heterocycles. The molecule has 4 rings (SSSR count). The summed E-state index contributed by atoms with van der Waals surface area (Å²) in [5.74, 6) is 1.26. The Balaban J connectivity index is 1.52. The molecule has 1 fully saturated rings. The topological polar surface area (TPSA) is 77.5 Å². The van der Waals surface area contributed by atoms with Gasteiger partial charge in [0.15, 0.2) is 0 Å². The molecule has 0 saturated heterocycles. The van der Waals surface area contributed by atoms with Crippen molar-refractivity contribution in [2.24, 2.45) is 5.73 Å². The van der Waals surface area contributed by atoms with Crippen molar-refractivity contribution in [2.75, 3.05) is 0 Å². The van der Waals surface area contributed by atoms with E-state index in [-0.39, 0.29) is 18.0 Å². The zero-order valence-electron chi connectivity index (χ0n) is 16.1.